The lowest BCUT2D eigenvalue weighted by molar-refractivity contribution is -0.193. The number of rotatable bonds is 7. The highest BCUT2D eigenvalue weighted by Gasteiger charge is 2.36. The van der Waals surface area contributed by atoms with Crippen molar-refractivity contribution in [3.05, 3.63) is 88.2 Å². The summed E-state index contributed by atoms with van der Waals surface area (Å²) in [5, 5.41) is 3.09. The van der Waals surface area contributed by atoms with Crippen LogP contribution in [0.3, 0.4) is 0 Å². The summed E-state index contributed by atoms with van der Waals surface area (Å²) in [7, 11) is -6.45. The van der Waals surface area contributed by atoms with Crippen LogP contribution in [0.1, 0.15) is 87.8 Å². The molecule has 6 heterocycles. The molecule has 0 amide bonds. The average Bonchev–Trinajstić information content (AvgIpc) is 3.84. The Labute approximate surface area is 396 Å². The van der Waals surface area contributed by atoms with Crippen LogP contribution >= 0.6 is 11.6 Å². The fraction of sp³-hybridized carbons (Fsp3) is 0.455. The second kappa shape index (κ2) is 22.9. The van der Waals surface area contributed by atoms with E-state index in [0.29, 0.717) is 22.3 Å². The zero-order valence-electron chi connectivity index (χ0n) is 38.8. The molecule has 8 rings (SSSR count). The first-order chi connectivity index (χ1) is 31.9. The first-order valence-electron chi connectivity index (χ1n) is 21.2. The third-order valence-electron chi connectivity index (χ3n) is 11.0. The van der Waals surface area contributed by atoms with Crippen LogP contribution in [-0.4, -0.2) is 93.8 Å². The highest BCUT2D eigenvalue weighted by molar-refractivity contribution is 7.91. The summed E-state index contributed by atoms with van der Waals surface area (Å²) in [5.41, 5.74) is 4.73. The van der Waals surface area contributed by atoms with Crippen molar-refractivity contribution in [2.75, 3.05) is 30.5 Å². The van der Waals surface area contributed by atoms with Gasteiger partial charge in [-0.05, 0) is 85.2 Å². The Morgan fingerprint density at radius 3 is 1.69 bits per heavy atom. The van der Waals surface area contributed by atoms with Gasteiger partial charge in [-0.15, -0.1) is 0 Å². The molecule has 0 fully saturated rings. The van der Waals surface area contributed by atoms with Crippen LogP contribution in [-0.2, 0) is 71.0 Å². The SMILES string of the molecule is CC(C)C1NCCn2c1nc1ccc(S(C)(=O)=O)cc12.CCc1cnc(Cl)nc1C(F)(F)F.CCc1cnc(N2CCn3c(nc4ccc(S(C)(=O)=O)cc43)C2C(C)C)nc1C.O=C=O.O=C=O. The molecular weight excluding hydrogens is 953 g/mol. The smallest absolute Gasteiger partial charge is 0.329 e. The number of aryl methyl sites for hydroxylation is 3. The maximum atomic E-state index is 12.3. The van der Waals surface area contributed by atoms with E-state index in [0.717, 1.165) is 83.2 Å². The maximum absolute atomic E-state index is 12.3. The third kappa shape index (κ3) is 13.0. The third-order valence-corrected chi connectivity index (χ3v) is 13.4. The van der Waals surface area contributed by atoms with Crippen LogP contribution in [0.2, 0.25) is 5.28 Å². The number of halogens is 4. The molecule has 4 aromatic heterocycles. The Balaban J connectivity index is 0.000000224. The molecule has 2 unspecified atom stereocenters. The molecule has 0 aliphatic carbocycles. The van der Waals surface area contributed by atoms with Gasteiger partial charge in [-0.25, -0.2) is 46.7 Å². The molecule has 2 atom stereocenters. The predicted octanol–water partition coefficient (Wildman–Crippen LogP) is 6.60. The molecule has 2 aliphatic heterocycles. The molecule has 366 valence electrons. The van der Waals surface area contributed by atoms with Crippen molar-refractivity contribution in [3.63, 3.8) is 0 Å². The normalized spacial score (nSPS) is 15.5. The van der Waals surface area contributed by atoms with Gasteiger partial charge in [0.15, 0.2) is 25.4 Å². The fourth-order valence-electron chi connectivity index (χ4n) is 7.82. The Bertz CT molecular complexity index is 3030. The van der Waals surface area contributed by atoms with Crippen LogP contribution in [0.15, 0.2) is 58.6 Å². The highest BCUT2D eigenvalue weighted by atomic mass is 35.5. The number of hydrogen-bond acceptors (Lipinski definition) is 16. The summed E-state index contributed by atoms with van der Waals surface area (Å²) < 4.78 is 88.5. The fourth-order valence-corrected chi connectivity index (χ4v) is 9.23. The molecule has 0 bridgehead atoms. The second-order valence-corrected chi connectivity index (χ2v) is 20.7. The van der Waals surface area contributed by atoms with E-state index in [2.05, 4.69) is 73.9 Å². The lowest BCUT2D eigenvalue weighted by Crippen LogP contribution is -2.42. The van der Waals surface area contributed by atoms with Gasteiger partial charge in [-0.3, -0.25) is 0 Å². The molecule has 18 nitrogen and oxygen atoms in total. The molecule has 6 aromatic rings. The van der Waals surface area contributed by atoms with E-state index in [-0.39, 0.29) is 47.6 Å². The number of carbonyl (C=O) groups excluding carboxylic acids is 4. The van der Waals surface area contributed by atoms with Crippen molar-refractivity contribution in [1.82, 2.24) is 44.4 Å². The van der Waals surface area contributed by atoms with Gasteiger partial charge in [0.05, 0.1) is 43.9 Å². The highest BCUT2D eigenvalue weighted by Crippen LogP contribution is 2.37. The summed E-state index contributed by atoms with van der Waals surface area (Å²) in [6.45, 7) is 17.5. The largest absolute Gasteiger partial charge is 0.433 e. The molecule has 0 radical (unpaired) electrons. The van der Waals surface area contributed by atoms with E-state index in [1.807, 2.05) is 13.1 Å². The molecular formula is C44H52ClF3N10O8S2. The van der Waals surface area contributed by atoms with Gasteiger partial charge < -0.3 is 19.4 Å². The van der Waals surface area contributed by atoms with Crippen molar-refractivity contribution in [2.24, 2.45) is 11.8 Å². The lowest BCUT2D eigenvalue weighted by atomic mass is 10.00. The number of alkyl halides is 3. The van der Waals surface area contributed by atoms with E-state index in [9.17, 15) is 30.0 Å². The minimum absolute atomic E-state index is 0.0183. The van der Waals surface area contributed by atoms with Gasteiger partial charge in [0.2, 0.25) is 11.2 Å². The van der Waals surface area contributed by atoms with E-state index in [1.165, 1.54) is 12.5 Å². The van der Waals surface area contributed by atoms with E-state index in [1.54, 1.807) is 43.3 Å². The zero-order valence-corrected chi connectivity index (χ0v) is 41.2. The summed E-state index contributed by atoms with van der Waals surface area (Å²) >= 11 is 5.26. The van der Waals surface area contributed by atoms with Crippen molar-refractivity contribution < 1.29 is 49.2 Å². The molecule has 1 N–H and O–H groups in total. The quantitative estimate of drug-likeness (QED) is 0.166. The number of sulfone groups is 2. The van der Waals surface area contributed by atoms with Crippen LogP contribution in [0.5, 0.6) is 0 Å². The topological polar surface area (TPSA) is 239 Å². The van der Waals surface area contributed by atoms with Crippen molar-refractivity contribution in [2.45, 2.75) is 102 Å². The van der Waals surface area contributed by atoms with Crippen molar-refractivity contribution in [3.8, 4) is 0 Å². The number of nitrogens with zero attached hydrogens (tertiary/aromatic N) is 9. The average molecular weight is 1010 g/mol. The molecule has 24 heteroatoms. The number of nitrogens with one attached hydrogen (secondary N) is 1. The summed E-state index contributed by atoms with van der Waals surface area (Å²) in [6.07, 6.45) is 2.67. The van der Waals surface area contributed by atoms with Gasteiger partial charge in [-0.2, -0.15) is 32.3 Å². The standard InChI is InChI=1S/C21H27N5O2S.C14H19N3O2S.C7H6ClF3N2.2CO2/c1-6-15-12-22-21(23-14(15)4)26-10-9-25-18-11-16(29(5,27)28)7-8-17(18)24-20(25)19(26)13(2)3;1-9(2)13-14-16-11-5-4-10(20(3,18)19)8-12(11)17(14)7-6-15-13;1-2-4-3-12-6(8)13-5(4)7(9,10)11;2*2-1-3/h7-8,11-13,19H,6,9-10H2,1-5H3;4-5,8-9,13,15H,6-7H2,1-3H3;3H,2H2,1H3;;. The first-order valence-corrected chi connectivity index (χ1v) is 25.3. The van der Waals surface area contributed by atoms with Crippen LogP contribution in [0.25, 0.3) is 22.1 Å². The zero-order chi connectivity index (χ0) is 50.9. The number of benzene rings is 2. The molecule has 0 saturated heterocycles. The van der Waals surface area contributed by atoms with Gasteiger partial charge in [0.1, 0.15) is 11.6 Å². The van der Waals surface area contributed by atoms with Crippen LogP contribution in [0, 0.1) is 18.8 Å². The Kier molecular flexibility index (Phi) is 18.4. The molecule has 0 saturated carbocycles. The van der Waals surface area contributed by atoms with E-state index < -0.39 is 31.5 Å². The summed E-state index contributed by atoms with van der Waals surface area (Å²) in [6, 6.07) is 10.6. The molecule has 0 spiro atoms. The molecule has 68 heavy (non-hydrogen) atoms. The van der Waals surface area contributed by atoms with Crippen molar-refractivity contribution >= 4 is 71.6 Å². The number of hydrogen-bond donors (Lipinski definition) is 1. The minimum Gasteiger partial charge on any atom is -0.329 e. The molecule has 2 aliphatic rings. The monoisotopic (exact) mass is 1000 g/mol. The number of anilines is 1. The van der Waals surface area contributed by atoms with Gasteiger partial charge in [0.25, 0.3) is 0 Å². The van der Waals surface area contributed by atoms with Gasteiger partial charge in [-0.1, -0.05) is 41.5 Å². The minimum atomic E-state index is -4.46. The van der Waals surface area contributed by atoms with Crippen molar-refractivity contribution in [1.29, 1.82) is 0 Å². The summed E-state index contributed by atoms with van der Waals surface area (Å²) in [4.78, 5) is 61.0. The van der Waals surface area contributed by atoms with Crippen LogP contribution < -0.4 is 10.2 Å². The lowest BCUT2D eigenvalue weighted by Gasteiger charge is -2.38. The number of fused-ring (bicyclic) bond motifs is 6. The number of imidazole rings is 2. The Hall–Kier alpha value is -5.96. The van der Waals surface area contributed by atoms with Gasteiger partial charge >= 0.3 is 18.5 Å². The second-order valence-electron chi connectivity index (χ2n) is 16.3. The summed E-state index contributed by atoms with van der Waals surface area (Å²) in [5.74, 6) is 3.41. The Morgan fingerprint density at radius 1 is 0.735 bits per heavy atom. The van der Waals surface area contributed by atoms with E-state index >= 15 is 0 Å². The predicted molar refractivity (Wildman–Crippen MR) is 244 cm³/mol. The van der Waals surface area contributed by atoms with E-state index in [4.69, 9.17) is 40.7 Å². The number of aromatic nitrogens is 8. The maximum Gasteiger partial charge on any atom is 0.433 e. The first kappa shape index (κ1) is 54.6. The van der Waals surface area contributed by atoms with Gasteiger partial charge in [0, 0.05) is 62.3 Å². The molecule has 2 aromatic carbocycles. The Morgan fingerprint density at radius 2 is 1.24 bits per heavy atom. The van der Waals surface area contributed by atoms with Crippen LogP contribution in [0.4, 0.5) is 19.1 Å².